The van der Waals surface area contributed by atoms with Crippen molar-refractivity contribution in [1.82, 2.24) is 5.32 Å². The highest BCUT2D eigenvalue weighted by Gasteiger charge is 2.25. The predicted molar refractivity (Wildman–Crippen MR) is 72.0 cm³/mol. The summed E-state index contributed by atoms with van der Waals surface area (Å²) in [5, 5.41) is 12.7. The van der Waals surface area contributed by atoms with Crippen LogP contribution in [0.15, 0.2) is 4.99 Å². The first-order valence-electron chi connectivity index (χ1n) is 6.88. The van der Waals surface area contributed by atoms with Crippen molar-refractivity contribution in [1.29, 1.82) is 0 Å². The van der Waals surface area contributed by atoms with Crippen LogP contribution in [0.1, 0.15) is 58.8 Å². The largest absolute Gasteiger partial charge is 0.394 e. The Morgan fingerprint density at radius 3 is 2.35 bits per heavy atom. The van der Waals surface area contributed by atoms with Crippen LogP contribution in [-0.4, -0.2) is 29.3 Å². The molecule has 1 saturated carbocycles. The standard InChI is InChI=1S/C13H27N3O/c1-3-13(4-2,10-17)16-12(14)15-11-8-6-5-7-9-11/h11,17H,3-10H2,1-2H3,(H3,14,15,16). The zero-order valence-corrected chi connectivity index (χ0v) is 11.2. The lowest BCUT2D eigenvalue weighted by molar-refractivity contribution is 0.169. The molecule has 0 atom stereocenters. The topological polar surface area (TPSA) is 70.6 Å². The lowest BCUT2D eigenvalue weighted by atomic mass is 9.94. The van der Waals surface area contributed by atoms with Gasteiger partial charge in [0, 0.05) is 0 Å². The van der Waals surface area contributed by atoms with Crippen molar-refractivity contribution in [3.05, 3.63) is 0 Å². The van der Waals surface area contributed by atoms with Crippen molar-refractivity contribution in [3.63, 3.8) is 0 Å². The fraction of sp³-hybridized carbons (Fsp3) is 0.923. The molecule has 0 aromatic heterocycles. The molecule has 0 aromatic rings. The van der Waals surface area contributed by atoms with E-state index >= 15 is 0 Å². The highest BCUT2D eigenvalue weighted by Crippen LogP contribution is 2.20. The van der Waals surface area contributed by atoms with Crippen LogP contribution in [0.3, 0.4) is 0 Å². The van der Waals surface area contributed by atoms with Gasteiger partial charge < -0.3 is 16.2 Å². The molecule has 17 heavy (non-hydrogen) atoms. The lowest BCUT2D eigenvalue weighted by Gasteiger charge is -2.31. The number of rotatable bonds is 5. The van der Waals surface area contributed by atoms with E-state index in [9.17, 15) is 5.11 Å². The third-order valence-corrected chi connectivity index (χ3v) is 3.95. The zero-order valence-electron chi connectivity index (χ0n) is 11.2. The fourth-order valence-corrected chi connectivity index (χ4v) is 2.40. The molecule has 0 bridgehead atoms. The van der Waals surface area contributed by atoms with Crippen LogP contribution in [-0.2, 0) is 0 Å². The second kappa shape index (κ2) is 6.84. The third kappa shape index (κ3) is 4.19. The number of hydrogen-bond donors (Lipinski definition) is 3. The molecular weight excluding hydrogens is 214 g/mol. The highest BCUT2D eigenvalue weighted by atomic mass is 16.3. The van der Waals surface area contributed by atoms with Gasteiger partial charge in [0.1, 0.15) is 0 Å². The Balaban J connectivity index is 2.56. The molecule has 100 valence electrons. The molecule has 0 heterocycles. The zero-order chi connectivity index (χ0) is 12.7. The van der Waals surface area contributed by atoms with Gasteiger partial charge in [0.2, 0.25) is 0 Å². The average Bonchev–Trinajstić information content (AvgIpc) is 2.37. The summed E-state index contributed by atoms with van der Waals surface area (Å²) >= 11 is 0. The van der Waals surface area contributed by atoms with Gasteiger partial charge in [-0.25, -0.2) is 0 Å². The molecule has 4 heteroatoms. The number of aliphatic imine (C=N–C) groups is 1. The summed E-state index contributed by atoms with van der Waals surface area (Å²) in [5.41, 5.74) is 5.64. The Kier molecular flexibility index (Phi) is 5.75. The molecule has 0 aromatic carbocycles. The minimum absolute atomic E-state index is 0.0981. The van der Waals surface area contributed by atoms with Crippen LogP contribution in [0, 0.1) is 0 Å². The normalized spacial score (nSPS) is 19.4. The third-order valence-electron chi connectivity index (χ3n) is 3.95. The van der Waals surface area contributed by atoms with Crippen molar-refractivity contribution < 1.29 is 5.11 Å². The summed E-state index contributed by atoms with van der Waals surface area (Å²) in [6.45, 7) is 4.21. The number of hydrogen-bond acceptors (Lipinski definition) is 2. The number of aliphatic hydroxyl groups excluding tert-OH is 1. The van der Waals surface area contributed by atoms with Gasteiger partial charge in [-0.15, -0.1) is 0 Å². The van der Waals surface area contributed by atoms with Crippen molar-refractivity contribution in [2.24, 2.45) is 10.7 Å². The van der Waals surface area contributed by atoms with E-state index in [1.165, 1.54) is 19.3 Å². The molecule has 0 radical (unpaired) electrons. The predicted octanol–water partition coefficient (Wildman–Crippen LogP) is 1.77. The number of nitrogens with zero attached hydrogens (tertiary/aromatic N) is 1. The van der Waals surface area contributed by atoms with Crippen molar-refractivity contribution in [3.8, 4) is 0 Å². The van der Waals surface area contributed by atoms with Gasteiger partial charge in [0.05, 0.1) is 18.2 Å². The Hall–Kier alpha value is -0.770. The smallest absolute Gasteiger partial charge is 0.189 e. The number of nitrogens with one attached hydrogen (secondary N) is 1. The maximum Gasteiger partial charge on any atom is 0.189 e. The minimum Gasteiger partial charge on any atom is -0.394 e. The molecule has 1 aliphatic rings. The number of aliphatic hydroxyl groups is 1. The molecule has 4 nitrogen and oxygen atoms in total. The molecular formula is C13H27N3O. The Morgan fingerprint density at radius 1 is 1.29 bits per heavy atom. The Bertz CT molecular complexity index is 235. The number of nitrogens with two attached hydrogens (primary N) is 1. The van der Waals surface area contributed by atoms with E-state index in [2.05, 4.69) is 24.2 Å². The van der Waals surface area contributed by atoms with Crippen LogP contribution >= 0.6 is 0 Å². The maximum absolute atomic E-state index is 9.46. The van der Waals surface area contributed by atoms with E-state index in [-0.39, 0.29) is 12.1 Å². The summed E-state index contributed by atoms with van der Waals surface area (Å²) in [7, 11) is 0. The summed E-state index contributed by atoms with van der Waals surface area (Å²) < 4.78 is 0. The van der Waals surface area contributed by atoms with Crippen LogP contribution in [0.5, 0.6) is 0 Å². The van der Waals surface area contributed by atoms with Gasteiger partial charge in [0.15, 0.2) is 5.96 Å². The van der Waals surface area contributed by atoms with Gasteiger partial charge in [-0.2, -0.15) is 0 Å². The highest BCUT2D eigenvalue weighted by molar-refractivity contribution is 5.78. The van der Waals surface area contributed by atoms with Gasteiger partial charge in [0.25, 0.3) is 0 Å². The lowest BCUT2D eigenvalue weighted by Crippen LogP contribution is -2.53. The monoisotopic (exact) mass is 241 g/mol. The van der Waals surface area contributed by atoms with E-state index in [0.29, 0.717) is 12.0 Å². The summed E-state index contributed by atoms with van der Waals surface area (Å²) in [5.74, 6) is 0.495. The van der Waals surface area contributed by atoms with E-state index in [0.717, 1.165) is 25.7 Å². The maximum atomic E-state index is 9.46. The summed E-state index contributed by atoms with van der Waals surface area (Å²) in [4.78, 5) is 4.54. The Labute approximate surface area is 105 Å². The van der Waals surface area contributed by atoms with Crippen LogP contribution in [0.4, 0.5) is 0 Å². The second-order valence-corrected chi connectivity index (χ2v) is 5.08. The summed E-state index contributed by atoms with van der Waals surface area (Å²) in [6.07, 6.45) is 7.83. The van der Waals surface area contributed by atoms with Gasteiger partial charge in [-0.3, -0.25) is 4.99 Å². The van der Waals surface area contributed by atoms with Crippen LogP contribution in [0.25, 0.3) is 0 Å². The summed E-state index contributed by atoms with van der Waals surface area (Å²) in [6, 6.07) is 0.376. The van der Waals surface area contributed by atoms with E-state index in [1.807, 2.05) is 0 Å². The Morgan fingerprint density at radius 2 is 1.88 bits per heavy atom. The quantitative estimate of drug-likeness (QED) is 0.507. The molecule has 1 fully saturated rings. The molecule has 4 N–H and O–H groups in total. The molecule has 0 spiro atoms. The van der Waals surface area contributed by atoms with E-state index < -0.39 is 0 Å². The second-order valence-electron chi connectivity index (χ2n) is 5.08. The first-order valence-corrected chi connectivity index (χ1v) is 6.88. The van der Waals surface area contributed by atoms with Crippen LogP contribution < -0.4 is 11.1 Å². The van der Waals surface area contributed by atoms with Gasteiger partial charge >= 0.3 is 0 Å². The van der Waals surface area contributed by atoms with Gasteiger partial charge in [-0.05, 0) is 25.7 Å². The first kappa shape index (κ1) is 14.3. The molecule has 0 unspecified atom stereocenters. The fourth-order valence-electron chi connectivity index (χ4n) is 2.40. The minimum atomic E-state index is -0.303. The van der Waals surface area contributed by atoms with E-state index in [1.54, 1.807) is 0 Å². The number of guanidine groups is 1. The van der Waals surface area contributed by atoms with Crippen molar-refractivity contribution >= 4 is 5.96 Å². The van der Waals surface area contributed by atoms with Crippen molar-refractivity contribution in [2.75, 3.05) is 6.61 Å². The van der Waals surface area contributed by atoms with Crippen molar-refractivity contribution in [2.45, 2.75) is 70.4 Å². The molecule has 1 aliphatic carbocycles. The van der Waals surface area contributed by atoms with Gasteiger partial charge in [-0.1, -0.05) is 33.1 Å². The van der Waals surface area contributed by atoms with Crippen LogP contribution in [0.2, 0.25) is 0 Å². The average molecular weight is 241 g/mol. The molecule has 0 aliphatic heterocycles. The molecule has 1 rings (SSSR count). The molecule has 0 amide bonds. The SMILES string of the molecule is CCC(CC)(CO)NC(N)=NC1CCCCC1. The first-order chi connectivity index (χ1) is 8.15. The van der Waals surface area contributed by atoms with E-state index in [4.69, 9.17) is 5.73 Å². The molecule has 0 saturated heterocycles.